The fourth-order valence-corrected chi connectivity index (χ4v) is 3.46. The van der Waals surface area contributed by atoms with Gasteiger partial charge >= 0.3 is 0 Å². The van der Waals surface area contributed by atoms with Crippen LogP contribution in [0.4, 0.5) is 5.82 Å². The topological polar surface area (TPSA) is 67.2 Å². The molecule has 26 heavy (non-hydrogen) atoms. The number of hydrogen-bond donors (Lipinski definition) is 0. The number of amides is 1. The van der Waals surface area contributed by atoms with Crippen LogP contribution in [0, 0.1) is 5.92 Å². The molecule has 0 radical (unpaired) electrons. The summed E-state index contributed by atoms with van der Waals surface area (Å²) in [5.74, 6) is 1.49. The van der Waals surface area contributed by atoms with Crippen molar-refractivity contribution in [1.29, 1.82) is 0 Å². The third kappa shape index (κ3) is 3.57. The minimum atomic E-state index is 0.0324. The van der Waals surface area contributed by atoms with Gasteiger partial charge in [-0.05, 0) is 31.7 Å². The Balaban J connectivity index is 1.84. The highest BCUT2D eigenvalue weighted by atomic mass is 16.2. The molecule has 0 fully saturated rings. The summed E-state index contributed by atoms with van der Waals surface area (Å²) in [7, 11) is 3.96. The van der Waals surface area contributed by atoms with E-state index in [4.69, 9.17) is 0 Å². The van der Waals surface area contributed by atoms with Crippen LogP contribution in [0.3, 0.4) is 0 Å². The summed E-state index contributed by atoms with van der Waals surface area (Å²) in [4.78, 5) is 25.8. The van der Waals surface area contributed by atoms with Crippen LogP contribution in [0.2, 0.25) is 0 Å². The van der Waals surface area contributed by atoms with Gasteiger partial charge < -0.3 is 9.80 Å². The van der Waals surface area contributed by atoms with Gasteiger partial charge in [0.05, 0.1) is 17.9 Å². The molecular weight excluding hydrogens is 328 g/mol. The smallest absolute Gasteiger partial charge is 0.272 e. The lowest BCUT2D eigenvalue weighted by Crippen LogP contribution is -2.38. The molecule has 2 aromatic heterocycles. The number of aryl methyl sites for hydroxylation is 1. The van der Waals surface area contributed by atoms with Gasteiger partial charge in [-0.2, -0.15) is 5.10 Å². The normalized spacial score (nSPS) is 13.8. The molecule has 3 heterocycles. The average Bonchev–Trinajstić information content (AvgIpc) is 3.01. The van der Waals surface area contributed by atoms with Crippen LogP contribution in [0.25, 0.3) is 0 Å². The molecule has 1 aliphatic heterocycles. The molecule has 3 rings (SSSR count). The molecule has 0 aliphatic carbocycles. The second-order valence-corrected chi connectivity index (χ2v) is 7.43. The van der Waals surface area contributed by atoms with E-state index in [2.05, 4.69) is 28.9 Å². The molecule has 7 nitrogen and oxygen atoms in total. The molecule has 0 unspecified atom stereocenters. The first-order valence-corrected chi connectivity index (χ1v) is 9.26. The molecule has 140 valence electrons. The summed E-state index contributed by atoms with van der Waals surface area (Å²) in [6.45, 7) is 8.23. The maximum Gasteiger partial charge on any atom is 0.272 e. The van der Waals surface area contributed by atoms with E-state index in [1.807, 2.05) is 41.6 Å². The SMILES string of the molecule is CCn1nc(CC(C)C)cc1C(=O)N1CCc2c(ncnc2N(C)C)C1. The van der Waals surface area contributed by atoms with E-state index in [9.17, 15) is 4.79 Å². The van der Waals surface area contributed by atoms with Crippen molar-refractivity contribution in [2.24, 2.45) is 5.92 Å². The van der Waals surface area contributed by atoms with Crippen molar-refractivity contribution < 1.29 is 4.79 Å². The molecular formula is C19H28N6O. The Labute approximate surface area is 155 Å². The summed E-state index contributed by atoms with van der Waals surface area (Å²) in [5, 5.41) is 4.60. The first-order chi connectivity index (χ1) is 12.4. The first-order valence-electron chi connectivity index (χ1n) is 9.26. The maximum absolute atomic E-state index is 13.1. The van der Waals surface area contributed by atoms with Gasteiger partial charge in [0.15, 0.2) is 0 Å². The fraction of sp³-hybridized carbons (Fsp3) is 0.579. The van der Waals surface area contributed by atoms with E-state index in [1.54, 1.807) is 6.33 Å². The van der Waals surface area contributed by atoms with Crippen LogP contribution in [-0.4, -0.2) is 51.2 Å². The van der Waals surface area contributed by atoms with Gasteiger partial charge in [0, 0.05) is 32.7 Å². The zero-order valence-corrected chi connectivity index (χ0v) is 16.4. The summed E-state index contributed by atoms with van der Waals surface area (Å²) in [6, 6.07) is 1.95. The number of hydrogen-bond acceptors (Lipinski definition) is 5. The van der Waals surface area contributed by atoms with Gasteiger partial charge in [-0.1, -0.05) is 13.8 Å². The number of fused-ring (bicyclic) bond motifs is 1. The number of anilines is 1. The molecule has 0 bridgehead atoms. The van der Waals surface area contributed by atoms with Crippen molar-refractivity contribution in [2.45, 2.75) is 46.7 Å². The fourth-order valence-electron chi connectivity index (χ4n) is 3.46. The van der Waals surface area contributed by atoms with E-state index >= 15 is 0 Å². The van der Waals surface area contributed by atoms with Crippen LogP contribution in [-0.2, 0) is 25.9 Å². The van der Waals surface area contributed by atoms with Gasteiger partial charge in [-0.15, -0.1) is 0 Å². The van der Waals surface area contributed by atoms with E-state index in [1.165, 1.54) is 0 Å². The molecule has 1 aliphatic rings. The Kier molecular flexibility index (Phi) is 5.25. The summed E-state index contributed by atoms with van der Waals surface area (Å²) < 4.78 is 1.82. The molecule has 0 spiro atoms. The third-order valence-electron chi connectivity index (χ3n) is 4.66. The van der Waals surface area contributed by atoms with Gasteiger partial charge in [0.25, 0.3) is 5.91 Å². The Morgan fingerprint density at radius 2 is 2.08 bits per heavy atom. The van der Waals surface area contributed by atoms with Crippen LogP contribution >= 0.6 is 0 Å². The Hall–Kier alpha value is -2.44. The zero-order chi connectivity index (χ0) is 18.8. The summed E-state index contributed by atoms with van der Waals surface area (Å²) >= 11 is 0. The van der Waals surface area contributed by atoms with Gasteiger partial charge in [-0.25, -0.2) is 9.97 Å². The molecule has 0 N–H and O–H groups in total. The van der Waals surface area contributed by atoms with Gasteiger partial charge in [0.2, 0.25) is 0 Å². The molecule has 0 saturated heterocycles. The van der Waals surface area contributed by atoms with Crippen molar-refractivity contribution in [3.8, 4) is 0 Å². The molecule has 2 aromatic rings. The Morgan fingerprint density at radius 1 is 1.31 bits per heavy atom. The standard InChI is InChI=1S/C19H28N6O/c1-6-25-17(10-14(22-25)9-13(2)3)19(26)24-8-7-15-16(11-24)20-12-21-18(15)23(4)5/h10,12-13H,6-9,11H2,1-5H3. The van der Waals surface area contributed by atoms with Crippen LogP contribution in [0.5, 0.6) is 0 Å². The number of aromatic nitrogens is 4. The minimum Gasteiger partial charge on any atom is -0.362 e. The molecule has 7 heteroatoms. The minimum absolute atomic E-state index is 0.0324. The van der Waals surface area contributed by atoms with Gasteiger partial charge in [0.1, 0.15) is 17.8 Å². The van der Waals surface area contributed by atoms with E-state index in [0.29, 0.717) is 31.2 Å². The van der Waals surface area contributed by atoms with Crippen molar-refractivity contribution in [2.75, 3.05) is 25.5 Å². The quantitative estimate of drug-likeness (QED) is 0.821. The predicted octanol–water partition coefficient (Wildman–Crippen LogP) is 2.16. The molecule has 0 saturated carbocycles. The number of nitrogens with zero attached hydrogens (tertiary/aromatic N) is 6. The lowest BCUT2D eigenvalue weighted by Gasteiger charge is -2.30. The highest BCUT2D eigenvalue weighted by molar-refractivity contribution is 5.93. The maximum atomic E-state index is 13.1. The highest BCUT2D eigenvalue weighted by Gasteiger charge is 2.27. The largest absolute Gasteiger partial charge is 0.362 e. The Morgan fingerprint density at radius 3 is 2.73 bits per heavy atom. The van der Waals surface area contributed by atoms with Crippen molar-refractivity contribution in [1.82, 2.24) is 24.6 Å². The monoisotopic (exact) mass is 356 g/mol. The van der Waals surface area contributed by atoms with Crippen LogP contribution < -0.4 is 4.90 Å². The molecule has 0 atom stereocenters. The van der Waals surface area contributed by atoms with Gasteiger partial charge in [-0.3, -0.25) is 9.48 Å². The van der Waals surface area contributed by atoms with Crippen molar-refractivity contribution in [3.05, 3.63) is 35.0 Å². The second kappa shape index (κ2) is 7.43. The number of rotatable bonds is 5. The lowest BCUT2D eigenvalue weighted by molar-refractivity contribution is 0.0719. The zero-order valence-electron chi connectivity index (χ0n) is 16.4. The third-order valence-corrected chi connectivity index (χ3v) is 4.66. The first kappa shape index (κ1) is 18.4. The van der Waals surface area contributed by atoms with Crippen LogP contribution in [0.1, 0.15) is 48.2 Å². The van der Waals surface area contributed by atoms with Crippen molar-refractivity contribution in [3.63, 3.8) is 0 Å². The molecule has 1 amide bonds. The summed E-state index contributed by atoms with van der Waals surface area (Å²) in [6.07, 6.45) is 3.24. The van der Waals surface area contributed by atoms with Crippen LogP contribution in [0.15, 0.2) is 12.4 Å². The predicted molar refractivity (Wildman–Crippen MR) is 101 cm³/mol. The average molecular weight is 356 g/mol. The van der Waals surface area contributed by atoms with E-state index in [-0.39, 0.29) is 5.91 Å². The number of carbonyl (C=O) groups is 1. The Bertz CT molecular complexity index is 795. The van der Waals surface area contributed by atoms with Crippen molar-refractivity contribution >= 4 is 11.7 Å². The molecule has 0 aromatic carbocycles. The highest BCUT2D eigenvalue weighted by Crippen LogP contribution is 2.25. The lowest BCUT2D eigenvalue weighted by atomic mass is 10.0. The second-order valence-electron chi connectivity index (χ2n) is 7.43. The van der Waals surface area contributed by atoms with E-state index in [0.717, 1.165) is 35.6 Å². The van der Waals surface area contributed by atoms with E-state index < -0.39 is 0 Å². The summed E-state index contributed by atoms with van der Waals surface area (Å²) in [5.41, 5.74) is 3.74. The number of carbonyl (C=O) groups excluding carboxylic acids is 1.